The molecule has 2 fully saturated rings. The molecule has 5 atom stereocenters. The Bertz CT molecular complexity index is 1810. The first kappa shape index (κ1) is 31.8. The topological polar surface area (TPSA) is 108 Å². The number of amides is 2. The first-order valence-corrected chi connectivity index (χ1v) is 16.9. The van der Waals surface area contributed by atoms with Crippen molar-refractivity contribution in [1.82, 2.24) is 10.6 Å². The smallest absolute Gasteiger partial charge is 0.265 e. The maximum absolute atomic E-state index is 15.6. The number of nitrogens with zero attached hydrogens (tertiary/aromatic N) is 1. The molecule has 1 saturated heterocycles. The maximum Gasteiger partial charge on any atom is 0.265 e. The molecule has 0 unspecified atom stereocenters. The summed E-state index contributed by atoms with van der Waals surface area (Å²) in [5.74, 6) is -1.48. The fraction of sp³-hybridized carbons (Fsp3) is 0.325. The standard InChI is InChI=1S/C40H41N3O5/c1-26-23-24-33-32(25-26)35(44)39(37(48-33)41-27(2)28-15-7-3-8-16-28)34(36(45)42-30-19-11-5-12-20-30)43(31-21-13-6-14-22-31)38(46)40(39,47)29-17-9-4-10-18-29/h3-4,6-10,13-18,21-25,27,30,34,37,41,47H,5,11-12,19-20H2,1-2H3,(H,42,45)/t27-,34+,37-,39-,40+/m0/s1. The highest BCUT2D eigenvalue weighted by atomic mass is 16.5. The van der Waals surface area contributed by atoms with Gasteiger partial charge in [-0.1, -0.05) is 110 Å². The summed E-state index contributed by atoms with van der Waals surface area (Å²) < 4.78 is 6.76. The second-order valence-electron chi connectivity index (χ2n) is 13.3. The number of ether oxygens (including phenoxy) is 1. The van der Waals surface area contributed by atoms with Crippen LogP contribution in [0.1, 0.15) is 72.1 Å². The average molecular weight is 644 g/mol. The van der Waals surface area contributed by atoms with Crippen molar-refractivity contribution in [2.45, 2.75) is 75.9 Å². The number of para-hydroxylation sites is 1. The summed E-state index contributed by atoms with van der Waals surface area (Å²) in [5.41, 5.74) is -2.14. The van der Waals surface area contributed by atoms with Gasteiger partial charge in [-0.25, -0.2) is 0 Å². The molecule has 246 valence electrons. The lowest BCUT2D eigenvalue weighted by atomic mass is 9.60. The van der Waals surface area contributed by atoms with E-state index >= 15 is 14.4 Å². The van der Waals surface area contributed by atoms with Gasteiger partial charge < -0.3 is 15.2 Å². The van der Waals surface area contributed by atoms with Crippen LogP contribution >= 0.6 is 0 Å². The lowest BCUT2D eigenvalue weighted by molar-refractivity contribution is -0.157. The number of fused-ring (bicyclic) bond motifs is 1. The van der Waals surface area contributed by atoms with Crippen molar-refractivity contribution in [3.8, 4) is 5.75 Å². The molecule has 7 rings (SSSR count). The van der Waals surface area contributed by atoms with Crippen molar-refractivity contribution >= 4 is 23.3 Å². The predicted molar refractivity (Wildman–Crippen MR) is 183 cm³/mol. The lowest BCUT2D eigenvalue weighted by Crippen LogP contribution is -2.71. The summed E-state index contributed by atoms with van der Waals surface area (Å²) >= 11 is 0. The number of hydrogen-bond acceptors (Lipinski definition) is 6. The van der Waals surface area contributed by atoms with E-state index < -0.39 is 46.9 Å². The van der Waals surface area contributed by atoms with E-state index in [-0.39, 0.29) is 17.2 Å². The minimum absolute atomic E-state index is 0.120. The number of carbonyl (C=O) groups is 3. The van der Waals surface area contributed by atoms with Crippen LogP contribution < -0.4 is 20.3 Å². The van der Waals surface area contributed by atoms with E-state index in [0.717, 1.165) is 43.2 Å². The summed E-state index contributed by atoms with van der Waals surface area (Å²) in [6, 6.07) is 30.3. The number of Topliss-reactive ketones (excluding diaryl/α,β-unsaturated/α-hetero) is 1. The lowest BCUT2D eigenvalue weighted by Gasteiger charge is -2.49. The summed E-state index contributed by atoms with van der Waals surface area (Å²) in [5, 5.41) is 20.1. The van der Waals surface area contributed by atoms with Gasteiger partial charge in [-0.3, -0.25) is 24.6 Å². The molecule has 1 aliphatic carbocycles. The van der Waals surface area contributed by atoms with Gasteiger partial charge in [0, 0.05) is 17.8 Å². The zero-order chi connectivity index (χ0) is 33.5. The second-order valence-corrected chi connectivity index (χ2v) is 13.3. The molecule has 4 aromatic carbocycles. The zero-order valence-electron chi connectivity index (χ0n) is 27.3. The van der Waals surface area contributed by atoms with Gasteiger partial charge in [0.05, 0.1) is 5.56 Å². The number of aliphatic hydroxyl groups is 1. The molecule has 2 aliphatic heterocycles. The fourth-order valence-electron chi connectivity index (χ4n) is 7.96. The predicted octanol–water partition coefficient (Wildman–Crippen LogP) is 5.99. The van der Waals surface area contributed by atoms with Crippen molar-refractivity contribution in [3.05, 3.63) is 131 Å². The van der Waals surface area contributed by atoms with Crippen LogP contribution in [0.25, 0.3) is 0 Å². The van der Waals surface area contributed by atoms with Gasteiger partial charge in [0.25, 0.3) is 5.91 Å². The Kier molecular flexibility index (Phi) is 8.39. The Hall–Kier alpha value is -4.79. The highest BCUT2D eigenvalue weighted by Crippen LogP contribution is 2.59. The monoisotopic (exact) mass is 643 g/mol. The van der Waals surface area contributed by atoms with E-state index in [9.17, 15) is 5.11 Å². The molecule has 0 aromatic heterocycles. The minimum Gasteiger partial charge on any atom is -0.473 e. The zero-order valence-corrected chi connectivity index (χ0v) is 27.3. The average Bonchev–Trinajstić information content (AvgIpc) is 3.33. The minimum atomic E-state index is -2.51. The number of aryl methyl sites for hydroxylation is 1. The number of ketones is 1. The van der Waals surface area contributed by atoms with Gasteiger partial charge >= 0.3 is 0 Å². The Morgan fingerprint density at radius 1 is 0.875 bits per heavy atom. The van der Waals surface area contributed by atoms with Gasteiger partial charge in [0.2, 0.25) is 5.91 Å². The largest absolute Gasteiger partial charge is 0.473 e. The van der Waals surface area contributed by atoms with E-state index in [4.69, 9.17) is 4.74 Å². The number of rotatable bonds is 7. The number of nitrogens with one attached hydrogen (secondary N) is 2. The van der Waals surface area contributed by atoms with Crippen molar-refractivity contribution in [3.63, 3.8) is 0 Å². The molecule has 3 aliphatic rings. The van der Waals surface area contributed by atoms with Crippen LogP contribution in [0.3, 0.4) is 0 Å². The van der Waals surface area contributed by atoms with Crippen molar-refractivity contribution in [2.75, 3.05) is 4.90 Å². The van der Waals surface area contributed by atoms with E-state index in [1.807, 2.05) is 56.3 Å². The van der Waals surface area contributed by atoms with Crippen molar-refractivity contribution < 1.29 is 24.2 Å². The molecule has 8 heteroatoms. The number of anilines is 1. The molecule has 4 aromatic rings. The van der Waals surface area contributed by atoms with Crippen LogP contribution in [0.5, 0.6) is 5.75 Å². The number of carbonyl (C=O) groups excluding carboxylic acids is 3. The number of benzene rings is 4. The quantitative estimate of drug-likeness (QED) is 0.229. The molecule has 3 N–H and O–H groups in total. The van der Waals surface area contributed by atoms with Gasteiger partial charge in [-0.2, -0.15) is 0 Å². The first-order chi connectivity index (χ1) is 23.3. The summed E-state index contributed by atoms with van der Waals surface area (Å²) in [6.45, 7) is 3.81. The Morgan fingerprint density at radius 2 is 1.50 bits per heavy atom. The van der Waals surface area contributed by atoms with Gasteiger partial charge in [0.15, 0.2) is 23.0 Å². The third-order valence-corrected chi connectivity index (χ3v) is 10.4. The molecule has 0 radical (unpaired) electrons. The summed E-state index contributed by atoms with van der Waals surface area (Å²) in [4.78, 5) is 47.1. The summed E-state index contributed by atoms with van der Waals surface area (Å²) in [7, 11) is 0. The van der Waals surface area contributed by atoms with Crippen molar-refractivity contribution in [2.24, 2.45) is 5.41 Å². The molecule has 0 bridgehead atoms. The highest BCUT2D eigenvalue weighted by Gasteiger charge is 2.80. The Morgan fingerprint density at radius 3 is 2.17 bits per heavy atom. The highest BCUT2D eigenvalue weighted by molar-refractivity contribution is 6.20. The molecule has 2 amide bonds. The first-order valence-electron chi connectivity index (χ1n) is 16.9. The molecule has 2 heterocycles. The molecule has 8 nitrogen and oxygen atoms in total. The summed E-state index contributed by atoms with van der Waals surface area (Å²) in [6.07, 6.45) is 3.33. The van der Waals surface area contributed by atoms with Crippen LogP contribution in [-0.4, -0.2) is 41.0 Å². The van der Waals surface area contributed by atoms with Crippen LogP contribution in [-0.2, 0) is 15.2 Å². The number of hydrogen-bond donors (Lipinski definition) is 3. The van der Waals surface area contributed by atoms with E-state index in [1.54, 1.807) is 66.7 Å². The van der Waals surface area contributed by atoms with Crippen LogP contribution in [0.15, 0.2) is 109 Å². The van der Waals surface area contributed by atoms with Gasteiger partial charge in [-0.05, 0) is 62.1 Å². The third-order valence-electron chi connectivity index (χ3n) is 10.4. The van der Waals surface area contributed by atoms with E-state index in [1.165, 1.54) is 4.90 Å². The normalized spacial score (nSPS) is 26.2. The van der Waals surface area contributed by atoms with E-state index in [2.05, 4.69) is 10.6 Å². The molecular weight excluding hydrogens is 602 g/mol. The van der Waals surface area contributed by atoms with Crippen LogP contribution in [0, 0.1) is 12.3 Å². The molecular formula is C40H41N3O5. The van der Waals surface area contributed by atoms with Crippen LogP contribution in [0.4, 0.5) is 5.69 Å². The SMILES string of the molecule is Cc1ccc2c(c1)C(=O)[C@]1([C@@H](N[C@@H](C)c3ccccc3)O2)[C@@H](C(=O)NC2CCCCC2)N(c2ccccc2)C(=O)[C@]1(O)c1ccccc1. The van der Waals surface area contributed by atoms with E-state index in [0.29, 0.717) is 11.4 Å². The Labute approximate surface area is 281 Å². The van der Waals surface area contributed by atoms with Gasteiger partial charge in [-0.15, -0.1) is 0 Å². The molecule has 1 spiro atoms. The third kappa shape index (κ3) is 5.02. The Balaban J connectivity index is 1.51. The molecule has 1 saturated carbocycles. The second kappa shape index (κ2) is 12.7. The molecule has 48 heavy (non-hydrogen) atoms. The van der Waals surface area contributed by atoms with Crippen molar-refractivity contribution in [1.29, 1.82) is 0 Å². The van der Waals surface area contributed by atoms with Gasteiger partial charge in [0.1, 0.15) is 11.8 Å². The fourth-order valence-corrected chi connectivity index (χ4v) is 7.96. The van der Waals surface area contributed by atoms with Crippen LogP contribution in [0.2, 0.25) is 0 Å². The maximum atomic E-state index is 15.6.